The number of hydrogen-bond acceptors (Lipinski definition) is 4. The van der Waals surface area contributed by atoms with Gasteiger partial charge >= 0.3 is 0 Å². The first-order valence-corrected chi connectivity index (χ1v) is 8.00. The van der Waals surface area contributed by atoms with Crippen LogP contribution in [0.25, 0.3) is 22.3 Å². The predicted octanol–water partition coefficient (Wildman–Crippen LogP) is 3.43. The number of nitrogens with zero attached hydrogens (tertiary/aromatic N) is 2. The van der Waals surface area contributed by atoms with Gasteiger partial charge in [-0.05, 0) is 37.1 Å². The van der Waals surface area contributed by atoms with Crippen LogP contribution in [0.3, 0.4) is 0 Å². The van der Waals surface area contributed by atoms with E-state index in [0.717, 1.165) is 22.0 Å². The molecule has 0 fully saturated rings. The van der Waals surface area contributed by atoms with Crippen molar-refractivity contribution in [2.75, 3.05) is 5.32 Å². The summed E-state index contributed by atoms with van der Waals surface area (Å²) >= 11 is 0. The second-order valence-electron chi connectivity index (χ2n) is 5.93. The normalized spacial score (nSPS) is 11.1. The fourth-order valence-corrected chi connectivity index (χ4v) is 2.78. The maximum absolute atomic E-state index is 12.2. The average Bonchev–Trinajstić information content (AvgIpc) is 3.33. The standard InChI is InChI=1S/C18H17N5O2/c1-11-2-4-15-14(8-11)12(9-19-15)3-5-16(24)20-18-21-17(22-23-18)13-6-7-25-10-13/h2,4,6-10,19H,3,5H2,1H3,(H2,20,21,22,23,24). The minimum atomic E-state index is -0.125. The van der Waals surface area contributed by atoms with Gasteiger partial charge in [0.2, 0.25) is 11.9 Å². The largest absolute Gasteiger partial charge is 0.472 e. The molecule has 0 aliphatic carbocycles. The number of carbonyl (C=O) groups is 1. The number of aryl methyl sites for hydroxylation is 2. The fraction of sp³-hybridized carbons (Fsp3) is 0.167. The van der Waals surface area contributed by atoms with Crippen molar-refractivity contribution in [1.82, 2.24) is 20.2 Å². The van der Waals surface area contributed by atoms with E-state index < -0.39 is 0 Å². The van der Waals surface area contributed by atoms with E-state index in [4.69, 9.17) is 4.42 Å². The summed E-state index contributed by atoms with van der Waals surface area (Å²) < 4.78 is 5.00. The summed E-state index contributed by atoms with van der Waals surface area (Å²) in [4.78, 5) is 19.6. The lowest BCUT2D eigenvalue weighted by Crippen LogP contribution is -2.13. The van der Waals surface area contributed by atoms with Gasteiger partial charge in [0.25, 0.3) is 0 Å². The summed E-state index contributed by atoms with van der Waals surface area (Å²) in [7, 11) is 0. The van der Waals surface area contributed by atoms with Crippen LogP contribution in [0.4, 0.5) is 5.95 Å². The topological polar surface area (TPSA) is 99.6 Å². The molecule has 0 atom stereocenters. The predicted molar refractivity (Wildman–Crippen MR) is 94.1 cm³/mol. The van der Waals surface area contributed by atoms with Gasteiger partial charge in [0.15, 0.2) is 5.82 Å². The molecule has 7 nitrogen and oxygen atoms in total. The SMILES string of the molecule is Cc1ccc2[nH]cc(CCC(=O)Nc3n[nH]c(-c4ccoc4)n3)c2c1. The Morgan fingerprint density at radius 3 is 3.08 bits per heavy atom. The van der Waals surface area contributed by atoms with Gasteiger partial charge in [-0.2, -0.15) is 4.98 Å². The van der Waals surface area contributed by atoms with Gasteiger partial charge in [0.1, 0.15) is 6.26 Å². The molecule has 0 aliphatic heterocycles. The van der Waals surface area contributed by atoms with E-state index in [1.807, 2.05) is 6.20 Å². The van der Waals surface area contributed by atoms with Gasteiger partial charge in [-0.1, -0.05) is 11.6 Å². The highest BCUT2D eigenvalue weighted by atomic mass is 16.3. The number of benzene rings is 1. The highest BCUT2D eigenvalue weighted by Crippen LogP contribution is 2.21. The van der Waals surface area contributed by atoms with Crippen molar-refractivity contribution < 1.29 is 9.21 Å². The first kappa shape index (κ1) is 15.2. The van der Waals surface area contributed by atoms with Crippen molar-refractivity contribution in [3.05, 3.63) is 54.1 Å². The number of furan rings is 1. The number of nitrogens with one attached hydrogen (secondary N) is 3. The van der Waals surface area contributed by atoms with Gasteiger partial charge in [-0.25, -0.2) is 0 Å². The van der Waals surface area contributed by atoms with Crippen molar-refractivity contribution in [2.24, 2.45) is 0 Å². The van der Waals surface area contributed by atoms with E-state index in [9.17, 15) is 4.79 Å². The summed E-state index contributed by atoms with van der Waals surface area (Å²) in [6.07, 6.45) is 6.08. The van der Waals surface area contributed by atoms with Crippen molar-refractivity contribution in [1.29, 1.82) is 0 Å². The molecule has 3 aromatic heterocycles. The summed E-state index contributed by atoms with van der Waals surface area (Å²) in [6.45, 7) is 2.06. The lowest BCUT2D eigenvalue weighted by Gasteiger charge is -2.01. The van der Waals surface area contributed by atoms with Gasteiger partial charge in [0, 0.05) is 23.5 Å². The Labute approximate surface area is 143 Å². The quantitative estimate of drug-likeness (QED) is 0.520. The van der Waals surface area contributed by atoms with Crippen LogP contribution in [-0.2, 0) is 11.2 Å². The minimum absolute atomic E-state index is 0.125. The van der Waals surface area contributed by atoms with Crippen LogP contribution in [0.1, 0.15) is 17.5 Å². The molecule has 7 heteroatoms. The van der Waals surface area contributed by atoms with Crippen molar-refractivity contribution in [3.63, 3.8) is 0 Å². The maximum Gasteiger partial charge on any atom is 0.249 e. The molecule has 1 amide bonds. The molecule has 4 rings (SSSR count). The number of anilines is 1. The third-order valence-electron chi connectivity index (χ3n) is 4.08. The van der Waals surface area contributed by atoms with E-state index in [0.29, 0.717) is 18.7 Å². The highest BCUT2D eigenvalue weighted by molar-refractivity contribution is 5.90. The zero-order chi connectivity index (χ0) is 17.2. The van der Waals surface area contributed by atoms with E-state index in [1.165, 1.54) is 5.56 Å². The molecule has 3 N–H and O–H groups in total. The molecule has 0 unspecified atom stereocenters. The maximum atomic E-state index is 12.2. The molecule has 126 valence electrons. The molecule has 3 heterocycles. The van der Waals surface area contributed by atoms with Gasteiger partial charge in [0.05, 0.1) is 11.8 Å². The zero-order valence-corrected chi connectivity index (χ0v) is 13.7. The molecular formula is C18H17N5O2. The minimum Gasteiger partial charge on any atom is -0.472 e. The molecule has 1 aromatic carbocycles. The van der Waals surface area contributed by atoms with Crippen molar-refractivity contribution >= 4 is 22.8 Å². The summed E-state index contributed by atoms with van der Waals surface area (Å²) in [5.41, 5.74) is 4.19. The van der Waals surface area contributed by atoms with Crippen LogP contribution >= 0.6 is 0 Å². The van der Waals surface area contributed by atoms with Gasteiger partial charge < -0.3 is 9.40 Å². The lowest BCUT2D eigenvalue weighted by atomic mass is 10.1. The van der Waals surface area contributed by atoms with E-state index in [2.05, 4.69) is 50.6 Å². The van der Waals surface area contributed by atoms with Gasteiger partial charge in [-0.3, -0.25) is 15.2 Å². The van der Waals surface area contributed by atoms with Crippen LogP contribution < -0.4 is 5.32 Å². The Morgan fingerprint density at radius 1 is 1.32 bits per heavy atom. The second-order valence-corrected chi connectivity index (χ2v) is 5.93. The van der Waals surface area contributed by atoms with Crippen molar-refractivity contribution in [3.8, 4) is 11.4 Å². The fourth-order valence-electron chi connectivity index (χ4n) is 2.78. The van der Waals surface area contributed by atoms with Crippen LogP contribution in [0, 0.1) is 6.92 Å². The summed E-state index contributed by atoms with van der Waals surface area (Å²) in [5, 5.41) is 10.6. The second kappa shape index (κ2) is 6.27. The zero-order valence-electron chi connectivity index (χ0n) is 13.7. The molecule has 0 saturated heterocycles. The number of amides is 1. The Morgan fingerprint density at radius 2 is 2.24 bits per heavy atom. The molecule has 0 aliphatic rings. The number of aromatic amines is 2. The number of H-pyrrole nitrogens is 2. The number of rotatable bonds is 5. The Kier molecular flexibility index (Phi) is 3.81. The molecular weight excluding hydrogens is 318 g/mol. The number of fused-ring (bicyclic) bond motifs is 1. The smallest absolute Gasteiger partial charge is 0.249 e. The van der Waals surface area contributed by atoms with E-state index in [-0.39, 0.29) is 11.9 Å². The third kappa shape index (κ3) is 3.16. The van der Waals surface area contributed by atoms with Crippen LogP contribution in [0.5, 0.6) is 0 Å². The molecule has 0 radical (unpaired) electrons. The number of hydrogen-bond donors (Lipinski definition) is 3. The molecule has 0 spiro atoms. The van der Waals surface area contributed by atoms with Crippen molar-refractivity contribution in [2.45, 2.75) is 19.8 Å². The van der Waals surface area contributed by atoms with Crippen LogP contribution in [-0.4, -0.2) is 26.1 Å². The van der Waals surface area contributed by atoms with Gasteiger partial charge in [-0.15, -0.1) is 5.10 Å². The molecule has 0 bridgehead atoms. The number of carbonyl (C=O) groups excluding carboxylic acids is 1. The molecule has 4 aromatic rings. The Balaban J connectivity index is 1.40. The Bertz CT molecular complexity index is 1010. The van der Waals surface area contributed by atoms with Crippen LogP contribution in [0.2, 0.25) is 0 Å². The molecule has 25 heavy (non-hydrogen) atoms. The monoisotopic (exact) mass is 335 g/mol. The first-order chi connectivity index (χ1) is 12.2. The lowest BCUT2D eigenvalue weighted by molar-refractivity contribution is -0.116. The first-order valence-electron chi connectivity index (χ1n) is 8.00. The molecule has 0 saturated carbocycles. The third-order valence-corrected chi connectivity index (χ3v) is 4.08. The number of aromatic nitrogens is 4. The Hall–Kier alpha value is -3.35. The van der Waals surface area contributed by atoms with E-state index >= 15 is 0 Å². The highest BCUT2D eigenvalue weighted by Gasteiger charge is 2.11. The van der Waals surface area contributed by atoms with E-state index in [1.54, 1.807) is 18.6 Å². The summed E-state index contributed by atoms with van der Waals surface area (Å²) in [5.74, 6) is 0.687. The van der Waals surface area contributed by atoms with Crippen LogP contribution in [0.15, 0.2) is 47.4 Å². The average molecular weight is 335 g/mol. The summed E-state index contributed by atoms with van der Waals surface area (Å²) in [6, 6.07) is 8.02.